The van der Waals surface area contributed by atoms with Crippen molar-refractivity contribution in [2.24, 2.45) is 0 Å². The Kier molecular flexibility index (Phi) is 5.91. The maximum atomic E-state index is 8.41. The summed E-state index contributed by atoms with van der Waals surface area (Å²) in [6, 6.07) is 7.86. The molecule has 1 rings (SSSR count). The van der Waals surface area contributed by atoms with Crippen LogP contribution in [-0.2, 0) is 6.42 Å². The van der Waals surface area contributed by atoms with Gasteiger partial charge in [0, 0.05) is 13.0 Å². The van der Waals surface area contributed by atoms with Gasteiger partial charge in [-0.25, -0.2) is 0 Å². The number of rotatable bonds is 7. The molecular formula is C13H18N2O2. The highest BCUT2D eigenvalue weighted by molar-refractivity contribution is 5.40. The normalized spacial score (nSPS) is 9.71. The molecule has 1 aromatic carbocycles. The van der Waals surface area contributed by atoms with E-state index in [2.05, 4.69) is 11.4 Å². The molecule has 1 N–H and O–H groups in total. The van der Waals surface area contributed by atoms with E-state index >= 15 is 0 Å². The van der Waals surface area contributed by atoms with Crippen molar-refractivity contribution in [1.82, 2.24) is 5.32 Å². The Hall–Kier alpha value is -1.73. The number of hydrogen-bond acceptors (Lipinski definition) is 4. The van der Waals surface area contributed by atoms with Gasteiger partial charge in [0.15, 0.2) is 0 Å². The van der Waals surface area contributed by atoms with E-state index in [1.807, 2.05) is 18.2 Å². The third-order valence-electron chi connectivity index (χ3n) is 2.47. The third kappa shape index (κ3) is 4.33. The summed E-state index contributed by atoms with van der Waals surface area (Å²) >= 11 is 0. The molecule has 1 aromatic rings. The molecule has 0 bridgehead atoms. The number of nitrogens with zero attached hydrogens (tertiary/aromatic N) is 1. The summed E-state index contributed by atoms with van der Waals surface area (Å²) in [5.41, 5.74) is 1.11. The Morgan fingerprint density at radius 1 is 1.24 bits per heavy atom. The van der Waals surface area contributed by atoms with E-state index in [1.165, 1.54) is 0 Å². The van der Waals surface area contributed by atoms with Gasteiger partial charge >= 0.3 is 0 Å². The van der Waals surface area contributed by atoms with Gasteiger partial charge in [-0.05, 0) is 36.7 Å². The molecule has 0 fully saturated rings. The maximum Gasteiger partial charge on any atom is 0.122 e. The summed E-state index contributed by atoms with van der Waals surface area (Å²) in [5.74, 6) is 1.70. The number of methoxy groups -OCH3 is 2. The van der Waals surface area contributed by atoms with E-state index in [1.54, 1.807) is 14.2 Å². The first-order valence-corrected chi connectivity index (χ1v) is 5.60. The van der Waals surface area contributed by atoms with Crippen LogP contribution in [0.15, 0.2) is 18.2 Å². The van der Waals surface area contributed by atoms with Gasteiger partial charge in [0.1, 0.15) is 11.5 Å². The molecule has 0 radical (unpaired) electrons. The largest absolute Gasteiger partial charge is 0.497 e. The summed E-state index contributed by atoms with van der Waals surface area (Å²) in [7, 11) is 3.31. The molecule has 0 aliphatic carbocycles. The zero-order valence-corrected chi connectivity index (χ0v) is 10.3. The van der Waals surface area contributed by atoms with Gasteiger partial charge in [-0.1, -0.05) is 0 Å². The van der Waals surface area contributed by atoms with Crippen LogP contribution in [0.3, 0.4) is 0 Å². The molecule has 0 aliphatic rings. The molecule has 92 valence electrons. The molecule has 0 amide bonds. The van der Waals surface area contributed by atoms with Crippen LogP contribution >= 0.6 is 0 Å². The lowest BCUT2D eigenvalue weighted by molar-refractivity contribution is 0.398. The molecule has 0 spiro atoms. The molecule has 0 aliphatic heterocycles. The number of nitrogens with one attached hydrogen (secondary N) is 1. The van der Waals surface area contributed by atoms with Crippen molar-refractivity contribution in [2.75, 3.05) is 27.3 Å². The minimum absolute atomic E-state index is 0.537. The molecule has 17 heavy (non-hydrogen) atoms. The van der Waals surface area contributed by atoms with Gasteiger partial charge < -0.3 is 14.8 Å². The van der Waals surface area contributed by atoms with Crippen molar-refractivity contribution >= 4 is 0 Å². The monoisotopic (exact) mass is 234 g/mol. The topological polar surface area (TPSA) is 54.3 Å². The standard InChI is InChI=1S/C13H18N2O2/c1-16-12-4-5-13(17-2)11(10-12)6-9-15-8-3-7-14/h4-5,10,15H,3,6,8-9H2,1-2H3. The highest BCUT2D eigenvalue weighted by Gasteiger charge is 2.04. The molecule has 0 unspecified atom stereocenters. The number of ether oxygens (including phenoxy) is 2. The summed E-state index contributed by atoms with van der Waals surface area (Å²) in [6.45, 7) is 1.55. The van der Waals surface area contributed by atoms with E-state index in [4.69, 9.17) is 14.7 Å². The molecule has 0 saturated heterocycles. The predicted octanol–water partition coefficient (Wildman–Crippen LogP) is 1.75. The Labute approximate surface area is 102 Å². The van der Waals surface area contributed by atoms with Crippen molar-refractivity contribution in [1.29, 1.82) is 5.26 Å². The Morgan fingerprint density at radius 3 is 2.71 bits per heavy atom. The quantitative estimate of drug-likeness (QED) is 0.730. The van der Waals surface area contributed by atoms with Crippen LogP contribution in [0.1, 0.15) is 12.0 Å². The SMILES string of the molecule is COc1ccc(OC)c(CCNCCC#N)c1. The second-order valence-corrected chi connectivity index (χ2v) is 3.59. The second kappa shape index (κ2) is 7.53. The molecular weight excluding hydrogens is 216 g/mol. The molecule has 4 nitrogen and oxygen atoms in total. The van der Waals surface area contributed by atoms with Gasteiger partial charge in [-0.3, -0.25) is 0 Å². The van der Waals surface area contributed by atoms with E-state index < -0.39 is 0 Å². The first-order chi connectivity index (χ1) is 8.31. The fraction of sp³-hybridized carbons (Fsp3) is 0.462. The average Bonchev–Trinajstić information content (AvgIpc) is 2.38. The smallest absolute Gasteiger partial charge is 0.122 e. The van der Waals surface area contributed by atoms with E-state index in [-0.39, 0.29) is 0 Å². The zero-order chi connectivity index (χ0) is 12.5. The molecule has 4 heteroatoms. The lowest BCUT2D eigenvalue weighted by atomic mass is 10.1. The summed E-state index contributed by atoms with van der Waals surface area (Å²) in [4.78, 5) is 0. The fourth-order valence-electron chi connectivity index (χ4n) is 1.57. The van der Waals surface area contributed by atoms with E-state index in [0.717, 1.165) is 36.6 Å². The molecule has 0 atom stereocenters. The highest BCUT2D eigenvalue weighted by Crippen LogP contribution is 2.23. The van der Waals surface area contributed by atoms with Crippen molar-refractivity contribution in [3.8, 4) is 17.6 Å². The molecule has 0 aromatic heterocycles. The van der Waals surface area contributed by atoms with E-state index in [0.29, 0.717) is 6.42 Å². The van der Waals surface area contributed by atoms with Crippen LogP contribution in [0.4, 0.5) is 0 Å². The van der Waals surface area contributed by atoms with Crippen molar-refractivity contribution in [3.05, 3.63) is 23.8 Å². The second-order valence-electron chi connectivity index (χ2n) is 3.59. The molecule has 0 saturated carbocycles. The first-order valence-electron chi connectivity index (χ1n) is 5.60. The van der Waals surface area contributed by atoms with Crippen molar-refractivity contribution in [3.63, 3.8) is 0 Å². The van der Waals surface area contributed by atoms with E-state index in [9.17, 15) is 0 Å². The van der Waals surface area contributed by atoms with Crippen LogP contribution in [0.25, 0.3) is 0 Å². The summed E-state index contributed by atoms with van der Waals surface area (Å²) < 4.78 is 10.5. The van der Waals surface area contributed by atoms with Crippen LogP contribution in [0, 0.1) is 11.3 Å². The Morgan fingerprint density at radius 2 is 2.06 bits per heavy atom. The van der Waals surface area contributed by atoms with Gasteiger partial charge in [0.2, 0.25) is 0 Å². The van der Waals surface area contributed by atoms with Crippen LogP contribution in [0.2, 0.25) is 0 Å². The number of nitriles is 1. The maximum absolute atomic E-state index is 8.41. The lowest BCUT2D eigenvalue weighted by Crippen LogP contribution is -2.18. The van der Waals surface area contributed by atoms with Gasteiger partial charge in [-0.2, -0.15) is 5.26 Å². The average molecular weight is 234 g/mol. The zero-order valence-electron chi connectivity index (χ0n) is 10.3. The first kappa shape index (κ1) is 13.3. The van der Waals surface area contributed by atoms with Crippen LogP contribution < -0.4 is 14.8 Å². The third-order valence-corrected chi connectivity index (χ3v) is 2.47. The van der Waals surface area contributed by atoms with Gasteiger partial charge in [0.05, 0.1) is 20.3 Å². The Balaban J connectivity index is 2.53. The predicted molar refractivity (Wildman–Crippen MR) is 66.3 cm³/mol. The highest BCUT2D eigenvalue weighted by atomic mass is 16.5. The van der Waals surface area contributed by atoms with Gasteiger partial charge in [-0.15, -0.1) is 0 Å². The summed E-state index contributed by atoms with van der Waals surface area (Å²) in [6.07, 6.45) is 1.39. The number of hydrogen-bond donors (Lipinski definition) is 1. The van der Waals surface area contributed by atoms with Gasteiger partial charge in [0.25, 0.3) is 0 Å². The minimum atomic E-state index is 0.537. The Bertz CT molecular complexity index is 385. The minimum Gasteiger partial charge on any atom is -0.497 e. The van der Waals surface area contributed by atoms with Crippen molar-refractivity contribution < 1.29 is 9.47 Å². The fourth-order valence-corrected chi connectivity index (χ4v) is 1.57. The lowest BCUT2D eigenvalue weighted by Gasteiger charge is -2.10. The molecule has 0 heterocycles. The summed E-state index contributed by atoms with van der Waals surface area (Å²) in [5, 5.41) is 11.6. The van der Waals surface area contributed by atoms with Crippen molar-refractivity contribution in [2.45, 2.75) is 12.8 Å². The number of benzene rings is 1. The van der Waals surface area contributed by atoms with Crippen LogP contribution in [0.5, 0.6) is 11.5 Å². The van der Waals surface area contributed by atoms with Crippen LogP contribution in [-0.4, -0.2) is 27.3 Å².